The summed E-state index contributed by atoms with van der Waals surface area (Å²) in [5, 5.41) is 4.60. The predicted molar refractivity (Wildman–Crippen MR) is 65.4 cm³/mol. The molecule has 1 heterocycles. The Hall–Kier alpha value is -0.410. The number of nitrogens with zero attached hydrogens (tertiary/aromatic N) is 1. The van der Waals surface area contributed by atoms with Crippen molar-refractivity contribution in [1.29, 1.82) is 0 Å². The van der Waals surface area contributed by atoms with Gasteiger partial charge in [0.25, 0.3) is 0 Å². The fourth-order valence-corrected chi connectivity index (χ4v) is 3.55. The quantitative estimate of drug-likeness (QED) is 0.852. The lowest BCUT2D eigenvalue weighted by atomic mass is 9.90. The van der Waals surface area contributed by atoms with Crippen LogP contribution < -0.4 is 5.32 Å². The molecule has 1 N–H and O–H groups in total. The minimum atomic E-state index is 0.757. The fourth-order valence-electron chi connectivity index (χ4n) is 2.30. The van der Waals surface area contributed by atoms with Crippen molar-refractivity contribution in [2.75, 3.05) is 7.05 Å². The third kappa shape index (κ3) is 2.58. The van der Waals surface area contributed by atoms with Crippen LogP contribution in [0, 0.1) is 6.92 Å². The van der Waals surface area contributed by atoms with Crippen LogP contribution >= 0.6 is 11.3 Å². The van der Waals surface area contributed by atoms with E-state index in [1.165, 1.54) is 47.7 Å². The maximum atomic E-state index is 4.73. The molecule has 1 fully saturated rings. The molecule has 0 aromatic carbocycles. The molecule has 15 heavy (non-hydrogen) atoms. The third-order valence-corrected chi connectivity index (χ3v) is 4.52. The summed E-state index contributed by atoms with van der Waals surface area (Å²) in [6, 6.07) is 0. The topological polar surface area (TPSA) is 24.9 Å². The Labute approximate surface area is 96.1 Å². The molecule has 84 valence electrons. The monoisotopic (exact) mass is 224 g/mol. The maximum absolute atomic E-state index is 4.73. The van der Waals surface area contributed by atoms with Crippen LogP contribution in [0.25, 0.3) is 0 Å². The van der Waals surface area contributed by atoms with Crippen molar-refractivity contribution in [3.63, 3.8) is 0 Å². The van der Waals surface area contributed by atoms with Gasteiger partial charge in [0.2, 0.25) is 0 Å². The van der Waals surface area contributed by atoms with Crippen LogP contribution in [0.2, 0.25) is 0 Å². The summed E-state index contributed by atoms with van der Waals surface area (Å²) in [5.41, 5.74) is 1.23. The number of thiazole rings is 1. The summed E-state index contributed by atoms with van der Waals surface area (Å²) in [5.74, 6) is 0.757. The molecule has 0 unspecified atom stereocenters. The Bertz CT molecular complexity index is 313. The zero-order valence-corrected chi connectivity index (χ0v) is 10.5. The summed E-state index contributed by atoms with van der Waals surface area (Å²) < 4.78 is 0. The first-order valence-corrected chi connectivity index (χ1v) is 6.73. The Balaban J connectivity index is 2.10. The SMILES string of the molecule is CNCc1sc(C2CCCCC2)nc1C. The lowest BCUT2D eigenvalue weighted by Gasteiger charge is -2.18. The molecule has 0 spiro atoms. The number of aromatic nitrogens is 1. The van der Waals surface area contributed by atoms with Crippen LogP contribution in [0.5, 0.6) is 0 Å². The molecule has 1 saturated carbocycles. The van der Waals surface area contributed by atoms with E-state index in [0.29, 0.717) is 0 Å². The number of nitrogens with one attached hydrogen (secondary N) is 1. The Morgan fingerprint density at radius 1 is 1.33 bits per heavy atom. The molecule has 2 rings (SSSR count). The highest BCUT2D eigenvalue weighted by molar-refractivity contribution is 7.11. The van der Waals surface area contributed by atoms with Crippen molar-refractivity contribution in [3.8, 4) is 0 Å². The van der Waals surface area contributed by atoms with Crippen molar-refractivity contribution >= 4 is 11.3 Å². The molecular formula is C12H20N2S. The molecule has 0 radical (unpaired) electrons. The first-order chi connectivity index (χ1) is 7.31. The molecule has 0 atom stereocenters. The Morgan fingerprint density at radius 2 is 2.07 bits per heavy atom. The van der Waals surface area contributed by atoms with Gasteiger partial charge in [-0.25, -0.2) is 4.98 Å². The van der Waals surface area contributed by atoms with Gasteiger partial charge in [0.15, 0.2) is 0 Å². The summed E-state index contributed by atoms with van der Waals surface area (Å²) in [6.07, 6.45) is 6.91. The van der Waals surface area contributed by atoms with Gasteiger partial charge < -0.3 is 5.32 Å². The molecular weight excluding hydrogens is 204 g/mol. The average Bonchev–Trinajstić information content (AvgIpc) is 2.63. The third-order valence-electron chi connectivity index (χ3n) is 3.20. The maximum Gasteiger partial charge on any atom is 0.0962 e. The minimum absolute atomic E-state index is 0.757. The zero-order valence-electron chi connectivity index (χ0n) is 9.68. The summed E-state index contributed by atoms with van der Waals surface area (Å²) in [4.78, 5) is 6.15. The molecule has 3 heteroatoms. The lowest BCUT2D eigenvalue weighted by Crippen LogP contribution is -2.04. The Morgan fingerprint density at radius 3 is 2.73 bits per heavy atom. The van der Waals surface area contributed by atoms with E-state index in [0.717, 1.165) is 12.5 Å². The molecule has 0 amide bonds. The van der Waals surface area contributed by atoms with Gasteiger partial charge in [-0.05, 0) is 26.8 Å². The first-order valence-electron chi connectivity index (χ1n) is 5.92. The first kappa shape index (κ1) is 11.1. The lowest BCUT2D eigenvalue weighted by molar-refractivity contribution is 0.442. The molecule has 1 aromatic rings. The number of rotatable bonds is 3. The molecule has 0 aliphatic heterocycles. The van der Waals surface area contributed by atoms with Crippen LogP contribution in [0.3, 0.4) is 0 Å². The molecule has 1 aromatic heterocycles. The minimum Gasteiger partial charge on any atom is -0.315 e. The largest absolute Gasteiger partial charge is 0.315 e. The van der Waals surface area contributed by atoms with Gasteiger partial charge >= 0.3 is 0 Å². The fraction of sp³-hybridized carbons (Fsp3) is 0.750. The molecule has 2 nitrogen and oxygen atoms in total. The normalized spacial score (nSPS) is 18.3. The highest BCUT2D eigenvalue weighted by Crippen LogP contribution is 2.35. The van der Waals surface area contributed by atoms with Gasteiger partial charge in [-0.2, -0.15) is 0 Å². The number of aryl methyl sites for hydroxylation is 1. The summed E-state index contributed by atoms with van der Waals surface area (Å²) in [6.45, 7) is 3.10. The second-order valence-electron chi connectivity index (χ2n) is 4.43. The second-order valence-corrected chi connectivity index (χ2v) is 5.54. The van der Waals surface area contributed by atoms with E-state index in [-0.39, 0.29) is 0 Å². The van der Waals surface area contributed by atoms with Gasteiger partial charge in [0.05, 0.1) is 10.7 Å². The standard InChI is InChI=1S/C12H20N2S/c1-9-11(8-13-2)15-12(14-9)10-6-4-3-5-7-10/h10,13H,3-8H2,1-2H3. The van der Waals surface area contributed by atoms with Crippen molar-refractivity contribution < 1.29 is 0 Å². The van der Waals surface area contributed by atoms with E-state index in [1.807, 2.05) is 18.4 Å². The zero-order chi connectivity index (χ0) is 10.7. The molecule has 0 bridgehead atoms. The number of hydrogen-bond acceptors (Lipinski definition) is 3. The van der Waals surface area contributed by atoms with E-state index >= 15 is 0 Å². The molecule has 1 aliphatic carbocycles. The second kappa shape index (κ2) is 5.08. The molecule has 0 saturated heterocycles. The van der Waals surface area contributed by atoms with Gasteiger partial charge in [-0.1, -0.05) is 19.3 Å². The van der Waals surface area contributed by atoms with E-state index in [4.69, 9.17) is 4.98 Å². The average molecular weight is 224 g/mol. The van der Waals surface area contributed by atoms with E-state index < -0.39 is 0 Å². The van der Waals surface area contributed by atoms with Crippen LogP contribution in [0.15, 0.2) is 0 Å². The Kier molecular flexibility index (Phi) is 3.76. The predicted octanol–water partition coefficient (Wildman–Crippen LogP) is 3.22. The van der Waals surface area contributed by atoms with Crippen LogP contribution in [-0.2, 0) is 6.54 Å². The highest BCUT2D eigenvalue weighted by Gasteiger charge is 2.19. The van der Waals surface area contributed by atoms with Crippen LogP contribution in [-0.4, -0.2) is 12.0 Å². The highest BCUT2D eigenvalue weighted by atomic mass is 32.1. The smallest absolute Gasteiger partial charge is 0.0962 e. The van der Waals surface area contributed by atoms with Crippen LogP contribution in [0.4, 0.5) is 0 Å². The van der Waals surface area contributed by atoms with Gasteiger partial charge in [0.1, 0.15) is 0 Å². The van der Waals surface area contributed by atoms with Crippen molar-refractivity contribution in [1.82, 2.24) is 10.3 Å². The summed E-state index contributed by atoms with van der Waals surface area (Å²) in [7, 11) is 2.00. The summed E-state index contributed by atoms with van der Waals surface area (Å²) >= 11 is 1.92. The van der Waals surface area contributed by atoms with E-state index in [2.05, 4.69) is 12.2 Å². The van der Waals surface area contributed by atoms with Gasteiger partial charge in [-0.15, -0.1) is 11.3 Å². The number of hydrogen-bond donors (Lipinski definition) is 1. The molecule has 1 aliphatic rings. The van der Waals surface area contributed by atoms with Crippen molar-refractivity contribution in [2.24, 2.45) is 0 Å². The van der Waals surface area contributed by atoms with E-state index in [1.54, 1.807) is 0 Å². The van der Waals surface area contributed by atoms with E-state index in [9.17, 15) is 0 Å². The van der Waals surface area contributed by atoms with Crippen molar-refractivity contribution in [3.05, 3.63) is 15.6 Å². The van der Waals surface area contributed by atoms with Crippen molar-refractivity contribution in [2.45, 2.75) is 51.5 Å². The van der Waals surface area contributed by atoms with Gasteiger partial charge in [0, 0.05) is 17.3 Å². The van der Waals surface area contributed by atoms with Crippen LogP contribution in [0.1, 0.15) is 53.6 Å². The van der Waals surface area contributed by atoms with Gasteiger partial charge in [-0.3, -0.25) is 0 Å².